The van der Waals surface area contributed by atoms with Crippen molar-refractivity contribution < 1.29 is 9.32 Å². The molecule has 1 aliphatic rings. The van der Waals surface area contributed by atoms with Crippen LogP contribution in [0.25, 0.3) is 0 Å². The fourth-order valence-corrected chi connectivity index (χ4v) is 1.45. The van der Waals surface area contributed by atoms with Crippen molar-refractivity contribution in [3.8, 4) is 0 Å². The summed E-state index contributed by atoms with van der Waals surface area (Å²) in [5.41, 5.74) is 5.26. The largest absolute Gasteiger partial charge is 0.355 e. The van der Waals surface area contributed by atoms with Gasteiger partial charge in [0.05, 0.1) is 5.41 Å². The number of carbonyl (C=O) groups excluding carboxylic acids is 1. The summed E-state index contributed by atoms with van der Waals surface area (Å²) < 4.78 is 4.58. The smallest absolute Gasteiger partial charge is 0.227 e. The Labute approximate surface area is 87.2 Å². The van der Waals surface area contributed by atoms with E-state index in [1.165, 1.54) is 6.39 Å². The van der Waals surface area contributed by atoms with E-state index in [4.69, 9.17) is 5.73 Å². The second-order valence-electron chi connectivity index (χ2n) is 3.84. The lowest BCUT2D eigenvalue weighted by Crippen LogP contribution is -2.37. The van der Waals surface area contributed by atoms with Crippen molar-refractivity contribution in [2.24, 2.45) is 11.1 Å². The molecule has 2 rings (SSSR count). The third-order valence-corrected chi connectivity index (χ3v) is 2.77. The number of nitrogens with zero attached hydrogens (tertiary/aromatic N) is 2. The molecule has 1 aromatic heterocycles. The Hall–Kier alpha value is -1.43. The van der Waals surface area contributed by atoms with Gasteiger partial charge in [-0.2, -0.15) is 4.98 Å². The van der Waals surface area contributed by atoms with Crippen LogP contribution in [-0.2, 0) is 11.2 Å². The van der Waals surface area contributed by atoms with E-state index >= 15 is 0 Å². The van der Waals surface area contributed by atoms with E-state index in [0.717, 1.165) is 12.8 Å². The topological polar surface area (TPSA) is 94.0 Å². The van der Waals surface area contributed by atoms with Crippen molar-refractivity contribution in [1.82, 2.24) is 15.5 Å². The Kier molecular flexibility index (Phi) is 2.68. The molecule has 0 atom stereocenters. The highest BCUT2D eigenvalue weighted by molar-refractivity contribution is 5.85. The summed E-state index contributed by atoms with van der Waals surface area (Å²) in [7, 11) is 0. The van der Waals surface area contributed by atoms with Gasteiger partial charge in [-0.25, -0.2) is 0 Å². The molecule has 0 aromatic carbocycles. The minimum atomic E-state index is -0.281. The molecule has 1 heterocycles. The molecule has 0 bridgehead atoms. The normalized spacial score (nSPS) is 17.4. The molecule has 82 valence electrons. The van der Waals surface area contributed by atoms with Crippen LogP contribution < -0.4 is 11.1 Å². The third-order valence-electron chi connectivity index (χ3n) is 2.77. The van der Waals surface area contributed by atoms with Crippen molar-refractivity contribution in [1.29, 1.82) is 0 Å². The van der Waals surface area contributed by atoms with Gasteiger partial charge in [-0.3, -0.25) is 4.79 Å². The molecule has 0 radical (unpaired) electrons. The first kappa shape index (κ1) is 10.1. The average Bonchev–Trinajstić information content (AvgIpc) is 2.90. The highest BCUT2D eigenvalue weighted by atomic mass is 16.5. The molecule has 0 saturated heterocycles. The van der Waals surface area contributed by atoms with Crippen molar-refractivity contribution in [2.45, 2.75) is 19.3 Å². The van der Waals surface area contributed by atoms with Crippen molar-refractivity contribution in [3.05, 3.63) is 12.2 Å². The zero-order chi connectivity index (χ0) is 10.7. The average molecular weight is 210 g/mol. The summed E-state index contributed by atoms with van der Waals surface area (Å²) >= 11 is 0. The van der Waals surface area contributed by atoms with Gasteiger partial charge in [-0.05, 0) is 12.8 Å². The van der Waals surface area contributed by atoms with Crippen LogP contribution in [0.1, 0.15) is 18.7 Å². The SMILES string of the molecule is NCC1(C(=O)NCCc2ncon2)CC1. The first-order chi connectivity index (χ1) is 7.27. The highest BCUT2D eigenvalue weighted by Crippen LogP contribution is 2.44. The predicted molar refractivity (Wildman–Crippen MR) is 51.7 cm³/mol. The Balaban J connectivity index is 1.72. The maximum atomic E-state index is 11.6. The standard InChI is InChI=1S/C9H14N4O2/c10-5-9(2-3-9)8(14)11-4-1-7-12-6-15-13-7/h6H,1-5,10H2,(H,11,14). The molecule has 6 heteroatoms. The van der Waals surface area contributed by atoms with Gasteiger partial charge < -0.3 is 15.6 Å². The van der Waals surface area contributed by atoms with E-state index in [-0.39, 0.29) is 11.3 Å². The Bertz CT molecular complexity index is 332. The minimum absolute atomic E-state index is 0.0495. The molecule has 1 fully saturated rings. The van der Waals surface area contributed by atoms with Crippen LogP contribution in [0.2, 0.25) is 0 Å². The van der Waals surface area contributed by atoms with Crippen LogP contribution in [-0.4, -0.2) is 29.1 Å². The fraction of sp³-hybridized carbons (Fsp3) is 0.667. The molecule has 0 aliphatic heterocycles. The van der Waals surface area contributed by atoms with E-state index in [1.54, 1.807) is 0 Å². The van der Waals surface area contributed by atoms with Crippen LogP contribution in [0, 0.1) is 5.41 Å². The maximum Gasteiger partial charge on any atom is 0.227 e. The Morgan fingerprint density at radius 3 is 3.00 bits per heavy atom. The van der Waals surface area contributed by atoms with Gasteiger partial charge in [0, 0.05) is 19.5 Å². The van der Waals surface area contributed by atoms with Gasteiger partial charge in [0.15, 0.2) is 5.82 Å². The van der Waals surface area contributed by atoms with Gasteiger partial charge in [0.1, 0.15) is 0 Å². The predicted octanol–water partition coefficient (Wildman–Crippen LogP) is -0.533. The van der Waals surface area contributed by atoms with E-state index in [2.05, 4.69) is 20.0 Å². The summed E-state index contributed by atoms with van der Waals surface area (Å²) in [5.74, 6) is 0.654. The zero-order valence-electron chi connectivity index (χ0n) is 8.40. The van der Waals surface area contributed by atoms with Gasteiger partial charge >= 0.3 is 0 Å². The van der Waals surface area contributed by atoms with Crippen molar-refractivity contribution in [3.63, 3.8) is 0 Å². The number of nitrogens with one attached hydrogen (secondary N) is 1. The van der Waals surface area contributed by atoms with Crippen LogP contribution in [0.5, 0.6) is 0 Å². The Morgan fingerprint density at radius 2 is 2.47 bits per heavy atom. The van der Waals surface area contributed by atoms with Crippen molar-refractivity contribution in [2.75, 3.05) is 13.1 Å². The molecular formula is C9H14N4O2. The summed E-state index contributed by atoms with van der Waals surface area (Å²) in [6, 6.07) is 0. The lowest BCUT2D eigenvalue weighted by atomic mass is 10.1. The zero-order valence-corrected chi connectivity index (χ0v) is 8.40. The second-order valence-corrected chi connectivity index (χ2v) is 3.84. The summed E-state index contributed by atoms with van der Waals surface area (Å²) in [4.78, 5) is 15.5. The number of hydrogen-bond donors (Lipinski definition) is 2. The highest BCUT2D eigenvalue weighted by Gasteiger charge is 2.48. The second kappa shape index (κ2) is 3.98. The summed E-state index contributed by atoms with van der Waals surface area (Å²) in [6.45, 7) is 0.959. The van der Waals surface area contributed by atoms with Crippen LogP contribution >= 0.6 is 0 Å². The quantitative estimate of drug-likeness (QED) is 0.681. The van der Waals surface area contributed by atoms with Gasteiger partial charge in [0.2, 0.25) is 12.3 Å². The van der Waals surface area contributed by atoms with Crippen LogP contribution in [0.15, 0.2) is 10.9 Å². The number of rotatable bonds is 5. The first-order valence-corrected chi connectivity index (χ1v) is 5.00. The van der Waals surface area contributed by atoms with Crippen LogP contribution in [0.3, 0.4) is 0 Å². The number of aromatic nitrogens is 2. The molecule has 3 N–H and O–H groups in total. The van der Waals surface area contributed by atoms with Gasteiger partial charge in [0.25, 0.3) is 0 Å². The molecule has 0 spiro atoms. The summed E-state index contributed by atoms with van der Waals surface area (Å²) in [6.07, 6.45) is 3.66. The number of nitrogens with two attached hydrogens (primary N) is 1. The van der Waals surface area contributed by atoms with Crippen molar-refractivity contribution >= 4 is 5.91 Å². The van der Waals surface area contributed by atoms with Gasteiger partial charge in [-0.1, -0.05) is 5.16 Å². The third kappa shape index (κ3) is 2.15. The number of hydrogen-bond acceptors (Lipinski definition) is 5. The Morgan fingerprint density at radius 1 is 1.67 bits per heavy atom. The van der Waals surface area contributed by atoms with Gasteiger partial charge in [-0.15, -0.1) is 0 Å². The lowest BCUT2D eigenvalue weighted by molar-refractivity contribution is -0.125. The van der Waals surface area contributed by atoms with E-state index < -0.39 is 0 Å². The number of carbonyl (C=O) groups is 1. The molecule has 1 aromatic rings. The van der Waals surface area contributed by atoms with E-state index in [0.29, 0.717) is 25.3 Å². The maximum absolute atomic E-state index is 11.6. The molecule has 1 amide bonds. The fourth-order valence-electron chi connectivity index (χ4n) is 1.45. The number of amides is 1. The van der Waals surface area contributed by atoms with E-state index in [1.807, 2.05) is 0 Å². The minimum Gasteiger partial charge on any atom is -0.355 e. The monoisotopic (exact) mass is 210 g/mol. The molecular weight excluding hydrogens is 196 g/mol. The molecule has 1 saturated carbocycles. The molecule has 15 heavy (non-hydrogen) atoms. The molecule has 1 aliphatic carbocycles. The van der Waals surface area contributed by atoms with Crippen LogP contribution in [0.4, 0.5) is 0 Å². The summed E-state index contributed by atoms with van der Waals surface area (Å²) in [5, 5.41) is 6.48. The first-order valence-electron chi connectivity index (χ1n) is 5.00. The lowest BCUT2D eigenvalue weighted by Gasteiger charge is -2.11. The molecule has 6 nitrogen and oxygen atoms in total. The van der Waals surface area contributed by atoms with E-state index in [9.17, 15) is 4.79 Å². The molecule has 0 unspecified atom stereocenters.